The molecule has 0 aromatic heterocycles. The van der Waals surface area contributed by atoms with Crippen LogP contribution in [0.2, 0.25) is 0 Å². The molecule has 11 heteroatoms. The van der Waals surface area contributed by atoms with Gasteiger partial charge in [0.2, 0.25) is 5.91 Å². The first kappa shape index (κ1) is 33.3. The molecule has 0 bridgehead atoms. The van der Waals surface area contributed by atoms with Crippen LogP contribution in [0.25, 0.3) is 0 Å². The maximum Gasteiger partial charge on any atom is 0.408 e. The third-order valence-corrected chi connectivity index (χ3v) is 8.85. The summed E-state index contributed by atoms with van der Waals surface area (Å²) in [7, 11) is 0. The van der Waals surface area contributed by atoms with Crippen molar-refractivity contribution in [3.63, 3.8) is 0 Å². The van der Waals surface area contributed by atoms with E-state index in [2.05, 4.69) is 17.2 Å². The Hall–Kier alpha value is -5.03. The standard InChI is InChI=1S/C36H37N3O7S/c1-5-12-25-21-47-33-28(37-31(41)27(22-17-19-26(40)20-18-22)38-35(44)46-36(2,3)4)32(42)39(33)29(25)34(43)45-30(23-13-8-6-9-14-23)24-15-10-7-11-16-24/h5-11,13-20,27-28,30,33,40H,1,12,21H2,2-4H3,(H,37,41)(H,38,44)/t27?,28?,33-/m0/s1. The fourth-order valence-electron chi connectivity index (χ4n) is 5.38. The van der Waals surface area contributed by atoms with Gasteiger partial charge in [-0.25, -0.2) is 9.59 Å². The number of hydrogen-bond donors (Lipinski definition) is 3. The summed E-state index contributed by atoms with van der Waals surface area (Å²) >= 11 is 1.41. The summed E-state index contributed by atoms with van der Waals surface area (Å²) in [5.74, 6) is -1.40. The molecule has 2 aliphatic rings. The van der Waals surface area contributed by atoms with E-state index in [1.54, 1.807) is 26.8 Å². The van der Waals surface area contributed by atoms with Crippen molar-refractivity contribution in [1.82, 2.24) is 15.5 Å². The van der Waals surface area contributed by atoms with Crippen molar-refractivity contribution in [2.75, 3.05) is 5.75 Å². The van der Waals surface area contributed by atoms with Crippen LogP contribution < -0.4 is 10.6 Å². The Bertz CT molecular complexity index is 1630. The third kappa shape index (κ3) is 7.69. The number of phenols is 1. The van der Waals surface area contributed by atoms with Gasteiger partial charge in [0.15, 0.2) is 6.10 Å². The maximum absolute atomic E-state index is 14.0. The molecule has 3 amide bonds. The van der Waals surface area contributed by atoms with Crippen LogP contribution in [0.5, 0.6) is 5.75 Å². The number of allylic oxidation sites excluding steroid dienone is 1. The predicted molar refractivity (Wildman–Crippen MR) is 178 cm³/mol. The minimum atomic E-state index is -1.23. The number of nitrogens with zero attached hydrogens (tertiary/aromatic N) is 1. The van der Waals surface area contributed by atoms with Gasteiger partial charge in [0, 0.05) is 5.75 Å². The van der Waals surface area contributed by atoms with Crippen molar-refractivity contribution in [1.29, 1.82) is 0 Å². The largest absolute Gasteiger partial charge is 0.508 e. The second-order valence-corrected chi connectivity index (χ2v) is 13.2. The fraction of sp³-hybridized carbons (Fsp3) is 0.278. The van der Waals surface area contributed by atoms with Crippen LogP contribution in [0.3, 0.4) is 0 Å². The van der Waals surface area contributed by atoms with Crippen LogP contribution in [-0.4, -0.2) is 56.7 Å². The van der Waals surface area contributed by atoms with Crippen molar-refractivity contribution < 1.29 is 33.8 Å². The fourth-order valence-corrected chi connectivity index (χ4v) is 6.74. The second-order valence-electron chi connectivity index (χ2n) is 12.1. The van der Waals surface area contributed by atoms with Gasteiger partial charge in [-0.3, -0.25) is 14.5 Å². The van der Waals surface area contributed by atoms with Crippen molar-refractivity contribution in [2.45, 2.75) is 56.4 Å². The summed E-state index contributed by atoms with van der Waals surface area (Å²) in [6.45, 7) is 8.91. The summed E-state index contributed by atoms with van der Waals surface area (Å²) in [6.07, 6.45) is 0.499. The van der Waals surface area contributed by atoms with Gasteiger partial charge < -0.3 is 25.2 Å². The van der Waals surface area contributed by atoms with Crippen molar-refractivity contribution in [3.8, 4) is 5.75 Å². The van der Waals surface area contributed by atoms with Gasteiger partial charge in [-0.05, 0) is 61.6 Å². The lowest BCUT2D eigenvalue weighted by Crippen LogP contribution is -2.71. The Morgan fingerprint density at radius 3 is 2.13 bits per heavy atom. The monoisotopic (exact) mass is 655 g/mol. The molecule has 1 saturated heterocycles. The molecule has 0 aliphatic carbocycles. The molecule has 47 heavy (non-hydrogen) atoms. The van der Waals surface area contributed by atoms with Gasteiger partial charge in [0.1, 0.15) is 34.5 Å². The number of amides is 3. The van der Waals surface area contributed by atoms with Gasteiger partial charge in [-0.15, -0.1) is 18.3 Å². The highest BCUT2D eigenvalue weighted by atomic mass is 32.2. The van der Waals surface area contributed by atoms with E-state index in [0.29, 0.717) is 23.3 Å². The average Bonchev–Trinajstić information content (AvgIpc) is 3.05. The normalized spacial score (nSPS) is 18.0. The van der Waals surface area contributed by atoms with E-state index in [4.69, 9.17) is 9.47 Å². The molecule has 10 nitrogen and oxygen atoms in total. The Labute approximate surface area is 277 Å². The quantitative estimate of drug-likeness (QED) is 0.148. The van der Waals surface area contributed by atoms with Gasteiger partial charge in [-0.1, -0.05) is 78.9 Å². The van der Waals surface area contributed by atoms with E-state index < -0.39 is 53.0 Å². The number of rotatable bonds is 10. The van der Waals surface area contributed by atoms with Gasteiger partial charge in [0.25, 0.3) is 5.91 Å². The molecule has 244 valence electrons. The topological polar surface area (TPSA) is 134 Å². The number of carbonyl (C=O) groups excluding carboxylic acids is 4. The van der Waals surface area contributed by atoms with E-state index in [1.807, 2.05) is 60.7 Å². The molecular formula is C36H37N3O7S. The number of thioether (sulfide) groups is 1. The lowest BCUT2D eigenvalue weighted by atomic mass is 9.99. The summed E-state index contributed by atoms with van der Waals surface area (Å²) in [5, 5.41) is 14.5. The SMILES string of the molecule is C=CCC1=C(C(=O)OC(c2ccccc2)c2ccccc2)N2C(=O)C(NC(=O)C(NC(=O)OC(C)(C)C)c3ccc(O)cc3)[C@@H]2SC1. The van der Waals surface area contributed by atoms with Crippen LogP contribution in [0, 0.1) is 0 Å². The number of aromatic hydroxyl groups is 1. The van der Waals surface area contributed by atoms with Crippen molar-refractivity contribution in [3.05, 3.63) is 126 Å². The molecular weight excluding hydrogens is 618 g/mol. The molecule has 5 rings (SSSR count). The van der Waals surface area contributed by atoms with E-state index >= 15 is 0 Å². The maximum atomic E-state index is 14.0. The summed E-state index contributed by atoms with van der Waals surface area (Å²) in [4.78, 5) is 55.4. The molecule has 2 heterocycles. The molecule has 3 atom stereocenters. The summed E-state index contributed by atoms with van der Waals surface area (Å²) in [5.41, 5.74) is 1.94. The zero-order chi connectivity index (χ0) is 33.7. The highest BCUT2D eigenvalue weighted by Gasteiger charge is 2.55. The molecule has 0 spiro atoms. The first-order valence-electron chi connectivity index (χ1n) is 15.1. The van der Waals surface area contributed by atoms with Crippen molar-refractivity contribution >= 4 is 35.6 Å². The van der Waals surface area contributed by atoms with Gasteiger partial charge >= 0.3 is 12.1 Å². The highest BCUT2D eigenvalue weighted by molar-refractivity contribution is 8.00. The number of hydrogen-bond acceptors (Lipinski definition) is 8. The van der Waals surface area contributed by atoms with Crippen LogP contribution in [0.15, 0.2) is 109 Å². The Morgan fingerprint density at radius 2 is 1.57 bits per heavy atom. The lowest BCUT2D eigenvalue weighted by Gasteiger charge is -2.50. The molecule has 3 N–H and O–H groups in total. The van der Waals surface area contributed by atoms with E-state index in [1.165, 1.54) is 40.9 Å². The number of fused-ring (bicyclic) bond motifs is 1. The highest BCUT2D eigenvalue weighted by Crippen LogP contribution is 2.42. The van der Waals surface area contributed by atoms with E-state index in [-0.39, 0.29) is 11.4 Å². The summed E-state index contributed by atoms with van der Waals surface area (Å²) < 4.78 is 11.5. The lowest BCUT2D eigenvalue weighted by molar-refractivity contribution is -0.154. The molecule has 3 aromatic rings. The number of alkyl carbamates (subject to hydrolysis) is 1. The smallest absolute Gasteiger partial charge is 0.408 e. The van der Waals surface area contributed by atoms with Crippen LogP contribution in [-0.2, 0) is 23.9 Å². The number of carbonyl (C=O) groups is 4. The number of nitrogens with one attached hydrogen (secondary N) is 2. The average molecular weight is 656 g/mol. The molecule has 0 saturated carbocycles. The number of ether oxygens (including phenoxy) is 2. The molecule has 1 fully saturated rings. The minimum absolute atomic E-state index is 0.0168. The van der Waals surface area contributed by atoms with E-state index in [0.717, 1.165) is 11.1 Å². The second kappa shape index (κ2) is 14.2. The minimum Gasteiger partial charge on any atom is -0.508 e. The predicted octanol–water partition coefficient (Wildman–Crippen LogP) is 5.52. The third-order valence-electron chi connectivity index (χ3n) is 7.51. The zero-order valence-corrected chi connectivity index (χ0v) is 27.2. The Morgan fingerprint density at radius 1 is 0.979 bits per heavy atom. The Balaban J connectivity index is 1.38. The van der Waals surface area contributed by atoms with E-state index in [9.17, 15) is 24.3 Å². The number of benzene rings is 3. The van der Waals surface area contributed by atoms with Crippen LogP contribution in [0.4, 0.5) is 4.79 Å². The number of esters is 1. The molecule has 2 aliphatic heterocycles. The molecule has 2 unspecified atom stereocenters. The molecule has 3 aromatic carbocycles. The zero-order valence-electron chi connectivity index (χ0n) is 26.3. The van der Waals surface area contributed by atoms with Crippen molar-refractivity contribution in [2.24, 2.45) is 0 Å². The van der Waals surface area contributed by atoms with Gasteiger partial charge in [0.05, 0.1) is 0 Å². The number of β-lactam (4-membered cyclic amide) rings is 1. The first-order chi connectivity index (χ1) is 22.5. The van der Waals surface area contributed by atoms with Crippen LogP contribution >= 0.6 is 11.8 Å². The first-order valence-corrected chi connectivity index (χ1v) is 16.2. The number of phenolic OH excluding ortho intramolecular Hbond substituents is 1. The Kier molecular flexibility index (Phi) is 10.0. The summed E-state index contributed by atoms with van der Waals surface area (Å²) in [6, 6.07) is 22.3. The van der Waals surface area contributed by atoms with Crippen LogP contribution in [0.1, 0.15) is 56.0 Å². The molecule has 0 radical (unpaired) electrons. The van der Waals surface area contributed by atoms with Gasteiger partial charge in [-0.2, -0.15) is 0 Å².